The summed E-state index contributed by atoms with van der Waals surface area (Å²) in [6, 6.07) is 10.9. The Morgan fingerprint density at radius 1 is 1.16 bits per heavy atom. The minimum Gasteiger partial charge on any atom is -0.452 e. The molecule has 1 amide bonds. The van der Waals surface area contributed by atoms with Gasteiger partial charge in [0.1, 0.15) is 5.82 Å². The topological polar surface area (TPSA) is 98.5 Å². The summed E-state index contributed by atoms with van der Waals surface area (Å²) in [4.78, 5) is 33.5. The highest BCUT2D eigenvalue weighted by molar-refractivity contribution is 5.91. The smallest absolute Gasteiger partial charge is 0.338 e. The monoisotopic (exact) mass is 346 g/mol. The number of halogens is 1. The molecule has 0 saturated carbocycles. The molecule has 0 atom stereocenters. The van der Waals surface area contributed by atoms with Gasteiger partial charge in [-0.1, -0.05) is 18.2 Å². The summed E-state index contributed by atoms with van der Waals surface area (Å²) in [6.45, 7) is -0.191. The van der Waals surface area contributed by atoms with E-state index in [4.69, 9.17) is 4.74 Å². The van der Waals surface area contributed by atoms with Gasteiger partial charge in [0.15, 0.2) is 6.61 Å². The first kappa shape index (κ1) is 18.1. The minimum atomic E-state index is -0.822. The minimum absolute atomic E-state index is 0.00619. The van der Waals surface area contributed by atoms with E-state index < -0.39 is 23.4 Å². The molecule has 2 aromatic carbocycles. The van der Waals surface area contributed by atoms with Crippen LogP contribution >= 0.6 is 0 Å². The lowest BCUT2D eigenvalue weighted by molar-refractivity contribution is -0.384. The van der Waals surface area contributed by atoms with Crippen molar-refractivity contribution >= 4 is 17.6 Å². The summed E-state index contributed by atoms with van der Waals surface area (Å²) in [5.41, 5.74) is 0.613. The SMILES string of the molecule is O=C(COC(=O)c1cccc([N+](=O)[O-])c1)NCCc1ccc(F)cc1. The second-order valence-corrected chi connectivity index (χ2v) is 5.11. The van der Waals surface area contributed by atoms with Gasteiger partial charge in [-0.15, -0.1) is 0 Å². The lowest BCUT2D eigenvalue weighted by atomic mass is 10.1. The molecule has 130 valence electrons. The van der Waals surface area contributed by atoms with E-state index in [-0.39, 0.29) is 17.1 Å². The van der Waals surface area contributed by atoms with E-state index in [1.165, 1.54) is 30.3 Å². The normalized spacial score (nSPS) is 10.1. The summed E-state index contributed by atoms with van der Waals surface area (Å²) >= 11 is 0. The molecular weight excluding hydrogens is 331 g/mol. The van der Waals surface area contributed by atoms with Crippen molar-refractivity contribution in [2.45, 2.75) is 6.42 Å². The van der Waals surface area contributed by atoms with Crippen LogP contribution in [0.2, 0.25) is 0 Å². The van der Waals surface area contributed by atoms with Crippen LogP contribution in [0.25, 0.3) is 0 Å². The first-order valence-corrected chi connectivity index (χ1v) is 7.38. The lowest BCUT2D eigenvalue weighted by Crippen LogP contribution is -2.30. The van der Waals surface area contributed by atoms with Crippen LogP contribution < -0.4 is 5.32 Å². The molecule has 0 heterocycles. The Bertz CT molecular complexity index is 777. The van der Waals surface area contributed by atoms with E-state index in [0.717, 1.165) is 11.6 Å². The molecule has 2 aromatic rings. The summed E-state index contributed by atoms with van der Waals surface area (Å²) in [5, 5.41) is 13.2. The van der Waals surface area contributed by atoms with E-state index in [1.807, 2.05) is 0 Å². The molecule has 0 fully saturated rings. The van der Waals surface area contributed by atoms with Crippen LogP contribution in [0.1, 0.15) is 15.9 Å². The number of amides is 1. The number of esters is 1. The Kier molecular flexibility index (Phi) is 6.16. The van der Waals surface area contributed by atoms with Crippen LogP contribution in [-0.2, 0) is 16.0 Å². The molecule has 0 aliphatic carbocycles. The zero-order valence-electron chi connectivity index (χ0n) is 13.1. The fourth-order valence-corrected chi connectivity index (χ4v) is 2.01. The quantitative estimate of drug-likeness (QED) is 0.471. The van der Waals surface area contributed by atoms with Gasteiger partial charge in [-0.2, -0.15) is 0 Å². The van der Waals surface area contributed by atoms with Crippen LogP contribution in [0.3, 0.4) is 0 Å². The fraction of sp³-hybridized carbons (Fsp3) is 0.176. The maximum atomic E-state index is 12.8. The van der Waals surface area contributed by atoms with Gasteiger partial charge in [0.05, 0.1) is 10.5 Å². The van der Waals surface area contributed by atoms with Gasteiger partial charge in [0, 0.05) is 18.7 Å². The molecule has 0 saturated heterocycles. The predicted octanol–water partition coefficient (Wildman–Crippen LogP) is 2.25. The number of nitro groups is 1. The molecule has 0 spiro atoms. The number of nitrogens with one attached hydrogen (secondary N) is 1. The molecule has 25 heavy (non-hydrogen) atoms. The number of nitrogens with zero attached hydrogens (tertiary/aromatic N) is 1. The Labute approximate surface area is 142 Å². The second-order valence-electron chi connectivity index (χ2n) is 5.11. The molecule has 0 aliphatic heterocycles. The number of non-ortho nitro benzene ring substituents is 1. The van der Waals surface area contributed by atoms with Gasteiger partial charge in [0.25, 0.3) is 11.6 Å². The Hall–Kier alpha value is -3.29. The van der Waals surface area contributed by atoms with Crippen molar-refractivity contribution in [1.29, 1.82) is 0 Å². The van der Waals surface area contributed by atoms with Crippen molar-refractivity contribution in [3.05, 3.63) is 75.6 Å². The van der Waals surface area contributed by atoms with Crippen LogP contribution in [0.5, 0.6) is 0 Å². The van der Waals surface area contributed by atoms with Crippen molar-refractivity contribution in [3.63, 3.8) is 0 Å². The maximum absolute atomic E-state index is 12.8. The Morgan fingerprint density at radius 2 is 1.88 bits per heavy atom. The third kappa shape index (κ3) is 5.69. The summed E-state index contributed by atoms with van der Waals surface area (Å²) in [7, 11) is 0. The summed E-state index contributed by atoms with van der Waals surface area (Å²) in [5.74, 6) is -1.65. The number of benzene rings is 2. The first-order valence-electron chi connectivity index (χ1n) is 7.38. The predicted molar refractivity (Wildman–Crippen MR) is 86.5 cm³/mol. The highest BCUT2D eigenvalue weighted by Crippen LogP contribution is 2.13. The number of hydrogen-bond donors (Lipinski definition) is 1. The third-order valence-corrected chi connectivity index (χ3v) is 3.28. The van der Waals surface area contributed by atoms with Gasteiger partial charge < -0.3 is 10.1 Å². The molecule has 7 nitrogen and oxygen atoms in total. The molecule has 0 unspecified atom stereocenters. The average molecular weight is 346 g/mol. The molecule has 2 rings (SSSR count). The van der Waals surface area contributed by atoms with Gasteiger partial charge in [-0.25, -0.2) is 9.18 Å². The van der Waals surface area contributed by atoms with Crippen LogP contribution in [0.4, 0.5) is 10.1 Å². The number of nitro benzene ring substituents is 1. The molecule has 0 aliphatic rings. The van der Waals surface area contributed by atoms with Crippen molar-refractivity contribution in [2.24, 2.45) is 0 Å². The van der Waals surface area contributed by atoms with E-state index in [0.29, 0.717) is 13.0 Å². The number of carbonyl (C=O) groups is 2. The van der Waals surface area contributed by atoms with Crippen molar-refractivity contribution < 1.29 is 23.6 Å². The van der Waals surface area contributed by atoms with Crippen molar-refractivity contribution in [1.82, 2.24) is 5.32 Å². The molecule has 0 bridgehead atoms. The number of hydrogen-bond acceptors (Lipinski definition) is 5. The van der Waals surface area contributed by atoms with Crippen LogP contribution in [-0.4, -0.2) is 30.0 Å². The maximum Gasteiger partial charge on any atom is 0.338 e. The van der Waals surface area contributed by atoms with E-state index in [9.17, 15) is 24.1 Å². The van der Waals surface area contributed by atoms with E-state index in [1.54, 1.807) is 12.1 Å². The highest BCUT2D eigenvalue weighted by atomic mass is 19.1. The van der Waals surface area contributed by atoms with Gasteiger partial charge >= 0.3 is 5.97 Å². The Morgan fingerprint density at radius 3 is 2.56 bits per heavy atom. The van der Waals surface area contributed by atoms with Crippen molar-refractivity contribution in [2.75, 3.05) is 13.2 Å². The molecule has 8 heteroatoms. The third-order valence-electron chi connectivity index (χ3n) is 3.28. The number of rotatable bonds is 7. The standard InChI is InChI=1S/C17H15FN2O5/c18-14-6-4-12(5-7-14)8-9-19-16(21)11-25-17(22)13-2-1-3-15(10-13)20(23)24/h1-7,10H,8-9,11H2,(H,19,21). The summed E-state index contributed by atoms with van der Waals surface area (Å²) < 4.78 is 17.6. The zero-order chi connectivity index (χ0) is 18.2. The van der Waals surface area contributed by atoms with Gasteiger partial charge in [0.2, 0.25) is 0 Å². The van der Waals surface area contributed by atoms with E-state index in [2.05, 4.69) is 5.32 Å². The molecule has 1 N–H and O–H groups in total. The van der Waals surface area contributed by atoms with Crippen LogP contribution in [0.15, 0.2) is 48.5 Å². The number of ether oxygens (including phenoxy) is 1. The first-order chi connectivity index (χ1) is 12.0. The Balaban J connectivity index is 1.75. The van der Waals surface area contributed by atoms with Crippen LogP contribution in [0, 0.1) is 15.9 Å². The number of carbonyl (C=O) groups excluding carboxylic acids is 2. The molecule has 0 aromatic heterocycles. The molecular formula is C17H15FN2O5. The highest BCUT2D eigenvalue weighted by Gasteiger charge is 2.14. The second kappa shape index (κ2) is 8.53. The fourth-order valence-electron chi connectivity index (χ4n) is 2.01. The molecule has 0 radical (unpaired) electrons. The van der Waals surface area contributed by atoms with Gasteiger partial charge in [-0.05, 0) is 30.2 Å². The van der Waals surface area contributed by atoms with E-state index >= 15 is 0 Å². The summed E-state index contributed by atoms with van der Waals surface area (Å²) in [6.07, 6.45) is 0.505. The largest absolute Gasteiger partial charge is 0.452 e. The zero-order valence-corrected chi connectivity index (χ0v) is 13.1. The van der Waals surface area contributed by atoms with Crippen molar-refractivity contribution in [3.8, 4) is 0 Å². The lowest BCUT2D eigenvalue weighted by Gasteiger charge is -2.07. The average Bonchev–Trinajstić information content (AvgIpc) is 2.61. The van der Waals surface area contributed by atoms with Gasteiger partial charge in [-0.3, -0.25) is 14.9 Å².